The summed E-state index contributed by atoms with van der Waals surface area (Å²) < 4.78 is 11.5. The largest absolute Gasteiger partial charge is 0.457 e. The molecule has 0 saturated carbocycles. The van der Waals surface area contributed by atoms with Gasteiger partial charge in [0.1, 0.15) is 22.8 Å². The summed E-state index contributed by atoms with van der Waals surface area (Å²) in [6.45, 7) is 4.16. The summed E-state index contributed by atoms with van der Waals surface area (Å²) in [6, 6.07) is 18.4. The minimum atomic E-state index is -0.563. The van der Waals surface area contributed by atoms with Crippen molar-refractivity contribution >= 4 is 5.91 Å². The first-order valence-corrected chi connectivity index (χ1v) is 8.87. The van der Waals surface area contributed by atoms with Gasteiger partial charge in [0.25, 0.3) is 5.91 Å². The summed E-state index contributed by atoms with van der Waals surface area (Å²) in [6.07, 6.45) is 2.67. The molecule has 1 aromatic heterocycles. The highest BCUT2D eigenvalue weighted by molar-refractivity contribution is 5.95. The Labute approximate surface area is 158 Å². The lowest BCUT2D eigenvalue weighted by atomic mass is 9.99. The molecule has 0 fully saturated rings. The van der Waals surface area contributed by atoms with Gasteiger partial charge in [-0.3, -0.25) is 4.79 Å². The van der Waals surface area contributed by atoms with Crippen LogP contribution in [0.2, 0.25) is 0 Å². The first-order chi connectivity index (χ1) is 13.1. The number of carbonyl (C=O) groups excluding carboxylic acids is 1. The van der Waals surface area contributed by atoms with Gasteiger partial charge >= 0.3 is 0 Å². The lowest BCUT2D eigenvalue weighted by Crippen LogP contribution is -2.14. The Hall–Kier alpha value is -3.34. The summed E-state index contributed by atoms with van der Waals surface area (Å²) >= 11 is 0. The maximum atomic E-state index is 11.8. The van der Waals surface area contributed by atoms with Gasteiger partial charge in [-0.1, -0.05) is 32.0 Å². The number of primary amides is 1. The number of hydrogen-bond donors (Lipinski definition) is 1. The van der Waals surface area contributed by atoms with E-state index >= 15 is 0 Å². The van der Waals surface area contributed by atoms with Gasteiger partial charge in [-0.25, -0.2) is 4.98 Å². The van der Waals surface area contributed by atoms with E-state index < -0.39 is 5.91 Å². The SMILES string of the molecule is CCC(C)c1cnc(Oc2ccc(Oc3ccccc3)cc2)c(C(N)=O)c1. The molecule has 0 spiro atoms. The number of nitrogens with zero attached hydrogens (tertiary/aromatic N) is 1. The average molecular weight is 362 g/mol. The van der Waals surface area contributed by atoms with Gasteiger partial charge in [-0.2, -0.15) is 0 Å². The molecule has 1 amide bonds. The zero-order chi connectivity index (χ0) is 19.2. The second-order valence-corrected chi connectivity index (χ2v) is 6.28. The predicted molar refractivity (Wildman–Crippen MR) is 104 cm³/mol. The lowest BCUT2D eigenvalue weighted by molar-refractivity contribution is 0.0997. The smallest absolute Gasteiger partial charge is 0.254 e. The van der Waals surface area contributed by atoms with E-state index in [9.17, 15) is 4.79 Å². The Bertz CT molecular complexity index is 909. The number of rotatable bonds is 7. The molecule has 138 valence electrons. The number of para-hydroxylation sites is 1. The van der Waals surface area contributed by atoms with Crippen LogP contribution in [0.3, 0.4) is 0 Å². The Morgan fingerprint density at radius 3 is 2.19 bits per heavy atom. The summed E-state index contributed by atoms with van der Waals surface area (Å²) in [4.78, 5) is 16.1. The normalized spacial score (nSPS) is 11.6. The molecule has 0 aliphatic carbocycles. The van der Waals surface area contributed by atoms with E-state index in [4.69, 9.17) is 15.2 Å². The van der Waals surface area contributed by atoms with Crippen LogP contribution in [0.5, 0.6) is 23.1 Å². The maximum Gasteiger partial charge on any atom is 0.254 e. The van der Waals surface area contributed by atoms with Crippen molar-refractivity contribution in [2.45, 2.75) is 26.2 Å². The molecular formula is C22H22N2O3. The highest BCUT2D eigenvalue weighted by Gasteiger charge is 2.15. The van der Waals surface area contributed by atoms with Crippen LogP contribution in [-0.2, 0) is 0 Å². The number of benzene rings is 2. The monoisotopic (exact) mass is 362 g/mol. The Morgan fingerprint density at radius 2 is 1.59 bits per heavy atom. The molecule has 0 aliphatic rings. The molecule has 3 rings (SSSR count). The Morgan fingerprint density at radius 1 is 1.00 bits per heavy atom. The van der Waals surface area contributed by atoms with E-state index in [1.54, 1.807) is 36.5 Å². The van der Waals surface area contributed by atoms with Gasteiger partial charge in [0.2, 0.25) is 5.88 Å². The van der Waals surface area contributed by atoms with E-state index in [0.717, 1.165) is 17.7 Å². The van der Waals surface area contributed by atoms with E-state index in [1.165, 1.54) is 0 Å². The third kappa shape index (κ3) is 4.64. The van der Waals surface area contributed by atoms with Crippen LogP contribution >= 0.6 is 0 Å². The molecule has 0 bridgehead atoms. The quantitative estimate of drug-likeness (QED) is 0.620. The van der Waals surface area contributed by atoms with Crippen molar-refractivity contribution in [1.29, 1.82) is 0 Å². The van der Waals surface area contributed by atoms with E-state index in [-0.39, 0.29) is 11.4 Å². The first-order valence-electron chi connectivity index (χ1n) is 8.87. The van der Waals surface area contributed by atoms with Crippen LogP contribution in [0.1, 0.15) is 42.1 Å². The average Bonchev–Trinajstić information content (AvgIpc) is 2.70. The van der Waals surface area contributed by atoms with Gasteiger partial charge in [0, 0.05) is 6.20 Å². The number of amides is 1. The van der Waals surface area contributed by atoms with Crippen LogP contribution in [0.25, 0.3) is 0 Å². The second kappa shape index (κ2) is 8.36. The molecule has 27 heavy (non-hydrogen) atoms. The van der Waals surface area contributed by atoms with Gasteiger partial charge in [-0.15, -0.1) is 0 Å². The van der Waals surface area contributed by atoms with Crippen LogP contribution in [0, 0.1) is 0 Å². The molecular weight excluding hydrogens is 340 g/mol. The second-order valence-electron chi connectivity index (χ2n) is 6.28. The molecule has 1 atom stereocenters. The first kappa shape index (κ1) is 18.5. The maximum absolute atomic E-state index is 11.8. The topological polar surface area (TPSA) is 74.4 Å². The van der Waals surface area contributed by atoms with E-state index in [1.807, 2.05) is 30.3 Å². The minimum Gasteiger partial charge on any atom is -0.457 e. The van der Waals surface area contributed by atoms with Crippen LogP contribution in [-0.4, -0.2) is 10.9 Å². The molecule has 5 nitrogen and oxygen atoms in total. The predicted octanol–water partition coefficient (Wildman–Crippen LogP) is 5.28. The van der Waals surface area contributed by atoms with Crippen molar-refractivity contribution in [3.63, 3.8) is 0 Å². The molecule has 0 aliphatic heterocycles. The zero-order valence-corrected chi connectivity index (χ0v) is 15.4. The Kier molecular flexibility index (Phi) is 5.71. The fourth-order valence-corrected chi connectivity index (χ4v) is 2.54. The highest BCUT2D eigenvalue weighted by atomic mass is 16.5. The summed E-state index contributed by atoms with van der Waals surface area (Å²) in [5, 5.41) is 0. The third-order valence-electron chi connectivity index (χ3n) is 4.34. The van der Waals surface area contributed by atoms with Crippen LogP contribution < -0.4 is 15.2 Å². The summed E-state index contributed by atoms with van der Waals surface area (Å²) in [7, 11) is 0. The molecule has 1 unspecified atom stereocenters. The van der Waals surface area contributed by atoms with Crippen LogP contribution in [0.15, 0.2) is 66.9 Å². The fourth-order valence-electron chi connectivity index (χ4n) is 2.54. The molecule has 2 N–H and O–H groups in total. The standard InChI is InChI=1S/C22H22N2O3/c1-3-15(2)16-13-20(21(23)25)22(24-14-16)27-19-11-9-18(10-12-19)26-17-7-5-4-6-8-17/h4-15H,3H2,1-2H3,(H2,23,25). The Balaban J connectivity index is 1.77. The number of nitrogens with two attached hydrogens (primary N) is 1. The number of ether oxygens (including phenoxy) is 2. The van der Waals surface area contributed by atoms with Crippen LogP contribution in [0.4, 0.5) is 0 Å². The highest BCUT2D eigenvalue weighted by Crippen LogP contribution is 2.29. The van der Waals surface area contributed by atoms with Crippen molar-refractivity contribution in [2.75, 3.05) is 0 Å². The fraction of sp³-hybridized carbons (Fsp3) is 0.182. The van der Waals surface area contributed by atoms with Gasteiger partial charge in [0.05, 0.1) is 0 Å². The number of aromatic nitrogens is 1. The minimum absolute atomic E-state index is 0.200. The van der Waals surface area contributed by atoms with Gasteiger partial charge in [0.15, 0.2) is 0 Å². The molecule has 1 heterocycles. The summed E-state index contributed by atoms with van der Waals surface area (Å²) in [5.74, 6) is 1.91. The lowest BCUT2D eigenvalue weighted by Gasteiger charge is -2.13. The van der Waals surface area contributed by atoms with Gasteiger partial charge in [-0.05, 0) is 60.4 Å². The van der Waals surface area contributed by atoms with Crippen molar-refractivity contribution in [2.24, 2.45) is 5.73 Å². The summed E-state index contributed by atoms with van der Waals surface area (Å²) in [5.41, 5.74) is 6.75. The van der Waals surface area contributed by atoms with Crippen molar-refractivity contribution < 1.29 is 14.3 Å². The van der Waals surface area contributed by atoms with Gasteiger partial charge < -0.3 is 15.2 Å². The number of hydrogen-bond acceptors (Lipinski definition) is 4. The molecule has 3 aromatic rings. The van der Waals surface area contributed by atoms with E-state index in [2.05, 4.69) is 18.8 Å². The molecule has 0 saturated heterocycles. The number of pyridine rings is 1. The van der Waals surface area contributed by atoms with E-state index in [0.29, 0.717) is 17.4 Å². The molecule has 0 radical (unpaired) electrons. The number of carbonyl (C=O) groups is 1. The third-order valence-corrected chi connectivity index (χ3v) is 4.34. The molecule has 5 heteroatoms. The zero-order valence-electron chi connectivity index (χ0n) is 15.4. The van der Waals surface area contributed by atoms with Crippen molar-refractivity contribution in [1.82, 2.24) is 4.98 Å². The molecule has 2 aromatic carbocycles. The van der Waals surface area contributed by atoms with Crippen molar-refractivity contribution in [3.8, 4) is 23.1 Å². The van der Waals surface area contributed by atoms with Crippen molar-refractivity contribution in [3.05, 3.63) is 78.0 Å².